The highest BCUT2D eigenvalue weighted by atomic mass is 32.1. The molecular formula is C19H22N2O5S. The number of methoxy groups -OCH3 is 2. The molecule has 0 bridgehead atoms. The molecule has 0 fully saturated rings. The molecule has 8 heteroatoms. The van der Waals surface area contributed by atoms with Crippen LogP contribution in [0.1, 0.15) is 50.4 Å². The minimum absolute atomic E-state index is 0.144. The van der Waals surface area contributed by atoms with Crippen LogP contribution in [0.15, 0.2) is 24.3 Å². The second-order valence-electron chi connectivity index (χ2n) is 5.84. The van der Waals surface area contributed by atoms with Gasteiger partial charge in [-0.1, -0.05) is 19.1 Å². The second kappa shape index (κ2) is 8.68. The van der Waals surface area contributed by atoms with Crippen molar-refractivity contribution in [1.82, 2.24) is 0 Å². The summed E-state index contributed by atoms with van der Waals surface area (Å²) < 4.78 is 10.00. The number of ether oxygens (including phenoxy) is 2. The van der Waals surface area contributed by atoms with Crippen molar-refractivity contribution in [2.24, 2.45) is 5.73 Å². The van der Waals surface area contributed by atoms with E-state index in [-0.39, 0.29) is 21.3 Å². The van der Waals surface area contributed by atoms with Gasteiger partial charge in [-0.05, 0) is 36.6 Å². The number of carbonyl (C=O) groups excluding carboxylic acids is 3. The summed E-state index contributed by atoms with van der Waals surface area (Å²) in [6.45, 7) is 3.48. The number of anilines is 1. The van der Waals surface area contributed by atoms with Gasteiger partial charge in [-0.15, -0.1) is 11.3 Å². The Morgan fingerprint density at radius 2 is 1.96 bits per heavy atom. The topological polar surface area (TPSA) is 108 Å². The summed E-state index contributed by atoms with van der Waals surface area (Å²) in [4.78, 5) is 36.8. The molecule has 1 aromatic heterocycles. The highest BCUT2D eigenvalue weighted by Crippen LogP contribution is 2.35. The number of esters is 1. The van der Waals surface area contributed by atoms with Gasteiger partial charge in [0.15, 0.2) is 0 Å². The van der Waals surface area contributed by atoms with E-state index in [2.05, 4.69) is 5.32 Å². The Bertz CT molecular complexity index is 875. The van der Waals surface area contributed by atoms with E-state index in [1.54, 1.807) is 26.2 Å². The Labute approximate surface area is 161 Å². The Morgan fingerprint density at radius 1 is 1.26 bits per heavy atom. The van der Waals surface area contributed by atoms with Gasteiger partial charge < -0.3 is 20.5 Å². The number of hydrogen-bond donors (Lipinski definition) is 2. The molecule has 2 amide bonds. The molecule has 0 aliphatic rings. The number of nitrogens with two attached hydrogens (primary N) is 1. The molecule has 0 spiro atoms. The summed E-state index contributed by atoms with van der Waals surface area (Å²) in [5.74, 6) is -1.40. The first-order valence-electron chi connectivity index (χ1n) is 8.30. The van der Waals surface area contributed by atoms with Crippen LogP contribution in [0.2, 0.25) is 0 Å². The summed E-state index contributed by atoms with van der Waals surface area (Å²) in [7, 11) is 2.79. The van der Waals surface area contributed by atoms with Gasteiger partial charge >= 0.3 is 5.97 Å². The lowest BCUT2D eigenvalue weighted by Crippen LogP contribution is -2.21. The zero-order valence-electron chi connectivity index (χ0n) is 15.6. The van der Waals surface area contributed by atoms with E-state index in [9.17, 15) is 14.4 Å². The lowest BCUT2D eigenvalue weighted by Gasteiger charge is -2.16. The maximum atomic E-state index is 12.9. The number of rotatable bonds is 7. The van der Waals surface area contributed by atoms with Gasteiger partial charge in [-0.2, -0.15) is 0 Å². The highest BCUT2D eigenvalue weighted by molar-refractivity contribution is 7.18. The van der Waals surface area contributed by atoms with Crippen molar-refractivity contribution in [3.8, 4) is 5.75 Å². The van der Waals surface area contributed by atoms with Gasteiger partial charge in [0.25, 0.3) is 5.91 Å². The normalized spacial score (nSPS) is 11.6. The van der Waals surface area contributed by atoms with Crippen molar-refractivity contribution < 1.29 is 23.9 Å². The third-order valence-electron chi connectivity index (χ3n) is 4.22. The summed E-state index contributed by atoms with van der Waals surface area (Å²) in [6, 6.07) is 7.24. The van der Waals surface area contributed by atoms with E-state index in [1.165, 1.54) is 7.11 Å². The van der Waals surface area contributed by atoms with Crippen molar-refractivity contribution in [3.63, 3.8) is 0 Å². The van der Waals surface area contributed by atoms with Crippen LogP contribution in [-0.2, 0) is 9.53 Å². The molecule has 1 heterocycles. The number of carbonyl (C=O) groups is 3. The first kappa shape index (κ1) is 20.4. The van der Waals surface area contributed by atoms with E-state index in [1.807, 2.05) is 19.1 Å². The van der Waals surface area contributed by atoms with E-state index in [0.29, 0.717) is 17.7 Å². The van der Waals surface area contributed by atoms with Crippen molar-refractivity contribution in [2.45, 2.75) is 26.2 Å². The molecule has 0 aliphatic heterocycles. The van der Waals surface area contributed by atoms with Crippen LogP contribution in [0, 0.1) is 6.92 Å². The maximum Gasteiger partial charge on any atom is 0.341 e. The van der Waals surface area contributed by atoms with Crippen LogP contribution in [0.4, 0.5) is 5.00 Å². The lowest BCUT2D eigenvalue weighted by molar-refractivity contribution is -0.117. The van der Waals surface area contributed by atoms with Crippen molar-refractivity contribution in [1.29, 1.82) is 0 Å². The van der Waals surface area contributed by atoms with E-state index < -0.39 is 17.8 Å². The van der Waals surface area contributed by atoms with Crippen molar-refractivity contribution in [2.75, 3.05) is 19.5 Å². The van der Waals surface area contributed by atoms with Gasteiger partial charge in [0.2, 0.25) is 5.91 Å². The van der Waals surface area contributed by atoms with Gasteiger partial charge in [0.05, 0.1) is 30.6 Å². The summed E-state index contributed by atoms with van der Waals surface area (Å²) in [5.41, 5.74) is 6.70. The molecule has 0 aliphatic carbocycles. The Hall–Kier alpha value is -2.87. The van der Waals surface area contributed by atoms with Crippen LogP contribution in [-0.4, -0.2) is 32.0 Å². The number of amides is 2. The van der Waals surface area contributed by atoms with Crippen LogP contribution in [0.5, 0.6) is 5.75 Å². The number of nitrogens with one attached hydrogen (secondary N) is 1. The van der Waals surface area contributed by atoms with Gasteiger partial charge in [-0.25, -0.2) is 4.79 Å². The molecule has 3 N–H and O–H groups in total. The average molecular weight is 390 g/mol. The number of benzene rings is 1. The van der Waals surface area contributed by atoms with E-state index >= 15 is 0 Å². The molecule has 7 nitrogen and oxygen atoms in total. The fourth-order valence-corrected chi connectivity index (χ4v) is 3.86. The third kappa shape index (κ3) is 4.28. The lowest BCUT2D eigenvalue weighted by atomic mass is 9.95. The molecule has 144 valence electrons. The van der Waals surface area contributed by atoms with E-state index in [0.717, 1.165) is 16.9 Å². The molecule has 1 aromatic carbocycles. The second-order valence-corrected chi connectivity index (χ2v) is 6.86. The number of hydrogen-bond acceptors (Lipinski definition) is 6. The molecule has 1 unspecified atom stereocenters. The molecule has 2 aromatic rings. The van der Waals surface area contributed by atoms with Gasteiger partial charge in [-0.3, -0.25) is 9.59 Å². The fraction of sp³-hybridized carbons (Fsp3) is 0.316. The average Bonchev–Trinajstić information content (AvgIpc) is 2.98. The predicted octanol–water partition coefficient (Wildman–Crippen LogP) is 3.08. The number of primary amides is 1. The monoisotopic (exact) mass is 390 g/mol. The van der Waals surface area contributed by atoms with Crippen LogP contribution < -0.4 is 15.8 Å². The zero-order valence-corrected chi connectivity index (χ0v) is 16.4. The summed E-state index contributed by atoms with van der Waals surface area (Å²) in [5, 5.41) is 3.01. The first-order valence-corrected chi connectivity index (χ1v) is 9.11. The molecule has 2 rings (SSSR count). The molecule has 27 heavy (non-hydrogen) atoms. The standard InChI is InChI=1S/C19H22N2O5S/c1-5-13(11-7-6-8-12(9-11)25-3)17(23)21-18-14(19(24)26-4)10(2)15(27-18)16(20)22/h6-9,13H,5H2,1-4H3,(H2,20,22)(H,21,23). The minimum atomic E-state index is -0.664. The predicted molar refractivity (Wildman–Crippen MR) is 104 cm³/mol. The molecule has 0 radical (unpaired) electrons. The largest absolute Gasteiger partial charge is 0.497 e. The Balaban J connectivity index is 2.39. The molecule has 0 saturated carbocycles. The SMILES string of the molecule is CCC(C(=O)Nc1sc(C(N)=O)c(C)c1C(=O)OC)c1cccc(OC)c1. The quantitative estimate of drug-likeness (QED) is 0.707. The maximum absolute atomic E-state index is 12.9. The van der Waals surface area contributed by atoms with Crippen molar-refractivity contribution in [3.05, 3.63) is 45.8 Å². The van der Waals surface area contributed by atoms with Crippen LogP contribution >= 0.6 is 11.3 Å². The molecule has 1 atom stereocenters. The van der Waals surface area contributed by atoms with Gasteiger partial charge in [0.1, 0.15) is 10.8 Å². The molecular weight excluding hydrogens is 368 g/mol. The third-order valence-corrected chi connectivity index (χ3v) is 5.44. The number of thiophene rings is 1. The van der Waals surface area contributed by atoms with Crippen LogP contribution in [0.25, 0.3) is 0 Å². The smallest absolute Gasteiger partial charge is 0.341 e. The zero-order chi connectivity index (χ0) is 20.1. The van der Waals surface area contributed by atoms with Crippen molar-refractivity contribution >= 4 is 34.1 Å². The fourth-order valence-electron chi connectivity index (χ4n) is 2.81. The summed E-state index contributed by atoms with van der Waals surface area (Å²) >= 11 is 0.965. The van der Waals surface area contributed by atoms with Gasteiger partial charge in [0, 0.05) is 0 Å². The summed E-state index contributed by atoms with van der Waals surface area (Å²) in [6.07, 6.45) is 0.541. The first-order chi connectivity index (χ1) is 12.8. The molecule has 0 saturated heterocycles. The Morgan fingerprint density at radius 3 is 2.52 bits per heavy atom. The van der Waals surface area contributed by atoms with Crippen LogP contribution in [0.3, 0.4) is 0 Å². The highest BCUT2D eigenvalue weighted by Gasteiger charge is 2.27. The Kier molecular flexibility index (Phi) is 6.57. The van der Waals surface area contributed by atoms with E-state index in [4.69, 9.17) is 15.2 Å². The minimum Gasteiger partial charge on any atom is -0.497 e.